The number of hydrogen-bond donors (Lipinski definition) is 1. The Bertz CT molecular complexity index is 992. The Kier molecular flexibility index (Phi) is 4.22. The zero-order valence-electron chi connectivity index (χ0n) is 14.9. The SMILES string of the molecule is O=C(c1csc2ccccc12)N1CC[NH+](Cc2ccc3c(c2)OCO3)CC1. The highest BCUT2D eigenvalue weighted by Gasteiger charge is 2.26. The largest absolute Gasteiger partial charge is 0.454 e. The van der Waals surface area contributed by atoms with Crippen LogP contribution < -0.4 is 14.4 Å². The van der Waals surface area contributed by atoms with Gasteiger partial charge in [-0.3, -0.25) is 4.79 Å². The first-order valence-corrected chi connectivity index (χ1v) is 10.1. The minimum Gasteiger partial charge on any atom is -0.454 e. The second kappa shape index (κ2) is 6.87. The van der Waals surface area contributed by atoms with Crippen LogP contribution in [0.1, 0.15) is 15.9 Å². The third-order valence-corrected chi connectivity index (χ3v) is 6.32. The van der Waals surface area contributed by atoms with Crippen molar-refractivity contribution in [3.05, 3.63) is 59.0 Å². The average molecular weight is 381 g/mol. The van der Waals surface area contributed by atoms with Gasteiger partial charge in [-0.2, -0.15) is 0 Å². The van der Waals surface area contributed by atoms with Crippen LogP contribution in [0.15, 0.2) is 47.8 Å². The van der Waals surface area contributed by atoms with Gasteiger partial charge >= 0.3 is 0 Å². The maximum Gasteiger partial charge on any atom is 0.255 e. The number of benzene rings is 2. The van der Waals surface area contributed by atoms with Crippen molar-refractivity contribution < 1.29 is 19.2 Å². The molecule has 1 N–H and O–H groups in total. The normalized spacial score (nSPS) is 16.8. The first-order chi connectivity index (χ1) is 13.3. The zero-order valence-corrected chi connectivity index (χ0v) is 15.8. The molecule has 0 unspecified atom stereocenters. The van der Waals surface area contributed by atoms with Crippen LogP contribution in [0, 0.1) is 0 Å². The fourth-order valence-electron chi connectivity index (χ4n) is 3.86. The van der Waals surface area contributed by atoms with E-state index in [0.29, 0.717) is 6.79 Å². The smallest absolute Gasteiger partial charge is 0.255 e. The van der Waals surface area contributed by atoms with Gasteiger partial charge in [-0.05, 0) is 24.3 Å². The molecule has 27 heavy (non-hydrogen) atoms. The van der Waals surface area contributed by atoms with Crippen LogP contribution in [0.4, 0.5) is 0 Å². The predicted octanol–water partition coefficient (Wildman–Crippen LogP) is 2.17. The molecule has 0 bridgehead atoms. The molecular formula is C21H21N2O3S+. The second-order valence-corrected chi connectivity index (χ2v) is 7.96. The van der Waals surface area contributed by atoms with Gasteiger partial charge in [0.25, 0.3) is 5.91 Å². The Hall–Kier alpha value is -2.57. The summed E-state index contributed by atoms with van der Waals surface area (Å²) in [5.41, 5.74) is 2.09. The summed E-state index contributed by atoms with van der Waals surface area (Å²) in [6.45, 7) is 4.76. The second-order valence-electron chi connectivity index (χ2n) is 7.05. The summed E-state index contributed by atoms with van der Waals surface area (Å²) in [7, 11) is 0. The van der Waals surface area contributed by atoms with E-state index in [1.807, 2.05) is 34.5 Å². The zero-order chi connectivity index (χ0) is 18.2. The van der Waals surface area contributed by atoms with Crippen molar-refractivity contribution >= 4 is 27.3 Å². The highest BCUT2D eigenvalue weighted by molar-refractivity contribution is 7.17. The van der Waals surface area contributed by atoms with Gasteiger partial charge in [0.15, 0.2) is 11.5 Å². The molecule has 1 saturated heterocycles. The third-order valence-electron chi connectivity index (χ3n) is 5.36. The molecule has 6 heteroatoms. The number of rotatable bonds is 3. The van der Waals surface area contributed by atoms with Crippen LogP contribution in [0.25, 0.3) is 10.1 Å². The number of carbonyl (C=O) groups is 1. The standard InChI is InChI=1S/C21H20N2O3S/c24-21(17-13-27-20-4-2-1-3-16(17)20)23-9-7-22(8-10-23)12-15-5-6-18-19(11-15)26-14-25-18/h1-6,11,13H,7-10,12,14H2/p+1. The molecule has 3 aromatic rings. The first kappa shape index (κ1) is 16.6. The lowest BCUT2D eigenvalue weighted by Crippen LogP contribution is -3.13. The average Bonchev–Trinajstić information content (AvgIpc) is 3.34. The lowest BCUT2D eigenvalue weighted by Gasteiger charge is -2.32. The molecule has 0 spiro atoms. The van der Waals surface area contributed by atoms with E-state index >= 15 is 0 Å². The topological polar surface area (TPSA) is 43.2 Å². The lowest BCUT2D eigenvalue weighted by atomic mass is 10.1. The summed E-state index contributed by atoms with van der Waals surface area (Å²) in [5, 5.41) is 3.07. The van der Waals surface area contributed by atoms with Crippen LogP contribution in [0.3, 0.4) is 0 Å². The Morgan fingerprint density at radius 3 is 2.78 bits per heavy atom. The van der Waals surface area contributed by atoms with Gasteiger partial charge in [-0.1, -0.05) is 18.2 Å². The van der Waals surface area contributed by atoms with Crippen LogP contribution >= 0.6 is 11.3 Å². The molecule has 0 aliphatic carbocycles. The number of nitrogens with zero attached hydrogens (tertiary/aromatic N) is 1. The highest BCUT2D eigenvalue weighted by Crippen LogP contribution is 2.32. The summed E-state index contributed by atoms with van der Waals surface area (Å²) in [6, 6.07) is 14.3. The van der Waals surface area contributed by atoms with E-state index < -0.39 is 0 Å². The minimum atomic E-state index is 0.162. The molecule has 0 saturated carbocycles. The molecule has 2 aromatic carbocycles. The molecule has 0 atom stereocenters. The van der Waals surface area contributed by atoms with Gasteiger partial charge in [-0.15, -0.1) is 11.3 Å². The molecule has 0 radical (unpaired) electrons. The fourth-order valence-corrected chi connectivity index (χ4v) is 4.79. The van der Waals surface area contributed by atoms with Gasteiger partial charge in [0, 0.05) is 21.0 Å². The van der Waals surface area contributed by atoms with E-state index in [2.05, 4.69) is 18.2 Å². The monoisotopic (exact) mass is 381 g/mol. The van der Waals surface area contributed by atoms with Crippen molar-refractivity contribution in [3.63, 3.8) is 0 Å². The summed E-state index contributed by atoms with van der Waals surface area (Å²) >= 11 is 1.64. The Morgan fingerprint density at radius 2 is 1.89 bits per heavy atom. The quantitative estimate of drug-likeness (QED) is 0.756. The molecule has 2 aliphatic heterocycles. The maximum atomic E-state index is 13.0. The van der Waals surface area contributed by atoms with E-state index in [1.165, 1.54) is 15.2 Å². The Labute approximate surface area is 161 Å². The fraction of sp³-hybridized carbons (Fsp3) is 0.286. The maximum absolute atomic E-state index is 13.0. The van der Waals surface area contributed by atoms with Crippen LogP contribution in [0.2, 0.25) is 0 Å². The van der Waals surface area contributed by atoms with E-state index in [-0.39, 0.29) is 5.91 Å². The van der Waals surface area contributed by atoms with Gasteiger partial charge in [0.2, 0.25) is 6.79 Å². The molecule has 5 rings (SSSR count). The Morgan fingerprint density at radius 1 is 1.07 bits per heavy atom. The van der Waals surface area contributed by atoms with Crippen molar-refractivity contribution in [1.82, 2.24) is 4.90 Å². The predicted molar refractivity (Wildman–Crippen MR) is 105 cm³/mol. The van der Waals surface area contributed by atoms with Crippen molar-refractivity contribution in [3.8, 4) is 11.5 Å². The first-order valence-electron chi connectivity index (χ1n) is 9.25. The summed E-state index contributed by atoms with van der Waals surface area (Å²) in [4.78, 5) is 16.5. The van der Waals surface area contributed by atoms with Gasteiger partial charge in [-0.25, -0.2) is 0 Å². The minimum absolute atomic E-state index is 0.162. The number of amides is 1. The van der Waals surface area contributed by atoms with Crippen LogP contribution in [-0.2, 0) is 6.54 Å². The summed E-state index contributed by atoms with van der Waals surface area (Å²) < 4.78 is 12.0. The number of piperazine rings is 1. The number of hydrogen-bond acceptors (Lipinski definition) is 4. The Balaban J connectivity index is 1.23. The third kappa shape index (κ3) is 3.15. The van der Waals surface area contributed by atoms with Crippen LogP contribution in [-0.4, -0.2) is 43.8 Å². The number of quaternary nitrogens is 1. The number of fused-ring (bicyclic) bond motifs is 2. The molecule has 1 aromatic heterocycles. The molecule has 138 valence electrons. The highest BCUT2D eigenvalue weighted by atomic mass is 32.1. The van der Waals surface area contributed by atoms with Crippen molar-refractivity contribution in [2.45, 2.75) is 6.54 Å². The van der Waals surface area contributed by atoms with Gasteiger partial charge in [0.05, 0.1) is 31.7 Å². The van der Waals surface area contributed by atoms with E-state index in [0.717, 1.165) is 55.2 Å². The number of thiophene rings is 1. The lowest BCUT2D eigenvalue weighted by molar-refractivity contribution is -0.917. The number of carbonyl (C=O) groups excluding carboxylic acids is 1. The van der Waals surface area contributed by atoms with Crippen molar-refractivity contribution in [1.29, 1.82) is 0 Å². The summed E-state index contributed by atoms with van der Waals surface area (Å²) in [6.07, 6.45) is 0. The molecule has 5 nitrogen and oxygen atoms in total. The number of ether oxygens (including phenoxy) is 2. The molecule has 2 aliphatic rings. The van der Waals surface area contributed by atoms with E-state index in [1.54, 1.807) is 11.3 Å². The summed E-state index contributed by atoms with van der Waals surface area (Å²) in [5.74, 6) is 1.83. The molecule has 3 heterocycles. The molecule has 1 fully saturated rings. The number of nitrogens with one attached hydrogen (secondary N) is 1. The van der Waals surface area contributed by atoms with Crippen molar-refractivity contribution in [2.75, 3.05) is 33.0 Å². The van der Waals surface area contributed by atoms with Crippen LogP contribution in [0.5, 0.6) is 11.5 Å². The van der Waals surface area contributed by atoms with E-state index in [4.69, 9.17) is 9.47 Å². The van der Waals surface area contributed by atoms with E-state index in [9.17, 15) is 4.79 Å². The molecule has 1 amide bonds. The van der Waals surface area contributed by atoms with Crippen molar-refractivity contribution in [2.24, 2.45) is 0 Å². The molecular weight excluding hydrogens is 360 g/mol. The van der Waals surface area contributed by atoms with Gasteiger partial charge in [0.1, 0.15) is 6.54 Å². The van der Waals surface area contributed by atoms with Gasteiger partial charge < -0.3 is 19.3 Å².